The van der Waals surface area contributed by atoms with Crippen LogP contribution in [-0.2, 0) is 4.74 Å². The first kappa shape index (κ1) is 11.2. The molecule has 0 atom stereocenters. The van der Waals surface area contributed by atoms with E-state index >= 15 is 0 Å². The van der Waals surface area contributed by atoms with Gasteiger partial charge in [0.05, 0.1) is 0 Å². The van der Waals surface area contributed by atoms with Gasteiger partial charge in [-0.1, -0.05) is 6.92 Å². The molecule has 0 aromatic carbocycles. The maximum Gasteiger partial charge on any atom is 0.314 e. The minimum Gasteiger partial charge on any atom is -0.385 e. The maximum atomic E-state index is 10.9. The number of hydrogen-bond acceptors (Lipinski definition) is 2. The Kier molecular flexibility index (Phi) is 7.79. The van der Waals surface area contributed by atoms with Crippen LogP contribution in [0.1, 0.15) is 12.8 Å². The number of hydrogen-bond donors (Lipinski definition) is 2. The lowest BCUT2D eigenvalue weighted by Crippen LogP contribution is -2.36. The Labute approximate surface area is 73.7 Å². The smallest absolute Gasteiger partial charge is 0.314 e. The Bertz CT molecular complexity index is 118. The second-order valence-corrected chi connectivity index (χ2v) is 2.38. The van der Waals surface area contributed by atoms with Crippen LogP contribution < -0.4 is 10.6 Å². The lowest BCUT2D eigenvalue weighted by atomic mass is 10.4. The SMILES string of the molecule is [CH2]CCNC(=O)NCCCOC. The fourth-order valence-corrected chi connectivity index (χ4v) is 0.683. The fourth-order valence-electron chi connectivity index (χ4n) is 0.683. The molecule has 0 aliphatic heterocycles. The molecule has 71 valence electrons. The Morgan fingerprint density at radius 1 is 1.42 bits per heavy atom. The molecule has 4 nitrogen and oxygen atoms in total. The highest BCUT2D eigenvalue weighted by Gasteiger charge is 1.95. The molecule has 0 saturated carbocycles. The predicted molar refractivity (Wildman–Crippen MR) is 47.9 cm³/mol. The van der Waals surface area contributed by atoms with Crippen molar-refractivity contribution in [2.24, 2.45) is 0 Å². The van der Waals surface area contributed by atoms with Crippen LogP contribution in [0.25, 0.3) is 0 Å². The molecule has 0 aliphatic rings. The number of nitrogens with one attached hydrogen (secondary N) is 2. The topological polar surface area (TPSA) is 50.4 Å². The van der Waals surface area contributed by atoms with Crippen molar-refractivity contribution in [1.29, 1.82) is 0 Å². The van der Waals surface area contributed by atoms with Gasteiger partial charge in [0.15, 0.2) is 0 Å². The zero-order chi connectivity index (χ0) is 9.23. The van der Waals surface area contributed by atoms with E-state index in [2.05, 4.69) is 17.6 Å². The van der Waals surface area contributed by atoms with Crippen molar-refractivity contribution in [2.75, 3.05) is 26.8 Å². The number of carbonyl (C=O) groups is 1. The van der Waals surface area contributed by atoms with Crippen LogP contribution in [0.2, 0.25) is 0 Å². The molecular formula is C8H17N2O2. The van der Waals surface area contributed by atoms with E-state index in [1.165, 1.54) is 0 Å². The molecule has 1 radical (unpaired) electrons. The highest BCUT2D eigenvalue weighted by molar-refractivity contribution is 5.73. The fraction of sp³-hybridized carbons (Fsp3) is 0.750. The van der Waals surface area contributed by atoms with Gasteiger partial charge in [-0.05, 0) is 12.8 Å². The van der Waals surface area contributed by atoms with Gasteiger partial charge in [-0.25, -0.2) is 4.79 Å². The highest BCUT2D eigenvalue weighted by atomic mass is 16.5. The molecule has 0 bridgehead atoms. The van der Waals surface area contributed by atoms with Crippen LogP contribution >= 0.6 is 0 Å². The normalized spacial score (nSPS) is 9.50. The number of rotatable bonds is 6. The maximum absolute atomic E-state index is 10.9. The second kappa shape index (κ2) is 8.33. The number of carbonyl (C=O) groups excluding carboxylic acids is 1. The monoisotopic (exact) mass is 173 g/mol. The van der Waals surface area contributed by atoms with Crippen molar-refractivity contribution in [1.82, 2.24) is 10.6 Å². The summed E-state index contributed by atoms with van der Waals surface area (Å²) < 4.78 is 4.82. The van der Waals surface area contributed by atoms with Gasteiger partial charge in [-0.3, -0.25) is 0 Å². The molecule has 4 heteroatoms. The number of methoxy groups -OCH3 is 1. The Balaban J connectivity index is 3.08. The third kappa shape index (κ3) is 7.34. The molecule has 0 aromatic rings. The van der Waals surface area contributed by atoms with E-state index in [1.807, 2.05) is 0 Å². The zero-order valence-corrected chi connectivity index (χ0v) is 7.56. The summed E-state index contributed by atoms with van der Waals surface area (Å²) >= 11 is 0. The summed E-state index contributed by atoms with van der Waals surface area (Å²) in [6.07, 6.45) is 1.56. The molecule has 0 saturated heterocycles. The lowest BCUT2D eigenvalue weighted by Gasteiger charge is -2.05. The van der Waals surface area contributed by atoms with Gasteiger partial charge < -0.3 is 15.4 Å². The summed E-state index contributed by atoms with van der Waals surface area (Å²) in [5.41, 5.74) is 0. The van der Waals surface area contributed by atoms with Gasteiger partial charge in [0.1, 0.15) is 0 Å². The van der Waals surface area contributed by atoms with E-state index in [9.17, 15) is 4.79 Å². The average molecular weight is 173 g/mol. The van der Waals surface area contributed by atoms with Crippen LogP contribution in [0.3, 0.4) is 0 Å². The summed E-state index contributed by atoms with van der Waals surface area (Å²) in [6.45, 7) is 5.55. The predicted octanol–water partition coefficient (Wildman–Crippen LogP) is 0.546. The molecule has 2 N–H and O–H groups in total. The first-order chi connectivity index (χ1) is 5.81. The zero-order valence-electron chi connectivity index (χ0n) is 7.56. The number of ether oxygens (including phenoxy) is 1. The molecule has 0 spiro atoms. The molecule has 0 fully saturated rings. The van der Waals surface area contributed by atoms with Crippen molar-refractivity contribution in [3.63, 3.8) is 0 Å². The Morgan fingerprint density at radius 3 is 2.67 bits per heavy atom. The van der Waals surface area contributed by atoms with Gasteiger partial charge in [-0.15, -0.1) is 0 Å². The molecular weight excluding hydrogens is 156 g/mol. The largest absolute Gasteiger partial charge is 0.385 e. The van der Waals surface area contributed by atoms with E-state index in [0.717, 1.165) is 6.42 Å². The van der Waals surface area contributed by atoms with E-state index < -0.39 is 0 Å². The van der Waals surface area contributed by atoms with Gasteiger partial charge in [0.2, 0.25) is 0 Å². The molecule has 0 unspecified atom stereocenters. The highest BCUT2D eigenvalue weighted by Crippen LogP contribution is 1.77. The van der Waals surface area contributed by atoms with Crippen molar-refractivity contribution >= 4 is 6.03 Å². The quantitative estimate of drug-likeness (QED) is 0.576. The standard InChI is InChI=1S/C8H17N2O2/c1-3-5-9-8(11)10-6-4-7-12-2/h1,3-7H2,2H3,(H2,9,10,11). The second-order valence-electron chi connectivity index (χ2n) is 2.38. The van der Waals surface area contributed by atoms with Crippen molar-refractivity contribution in [3.8, 4) is 0 Å². The minimum absolute atomic E-state index is 0.130. The van der Waals surface area contributed by atoms with Gasteiger partial charge in [-0.2, -0.15) is 0 Å². The molecule has 0 heterocycles. The third-order valence-corrected chi connectivity index (χ3v) is 1.27. The molecule has 0 aliphatic carbocycles. The Morgan fingerprint density at radius 2 is 2.08 bits per heavy atom. The summed E-state index contributed by atoms with van der Waals surface area (Å²) in [5.74, 6) is 0. The van der Waals surface area contributed by atoms with Crippen molar-refractivity contribution in [3.05, 3.63) is 6.92 Å². The van der Waals surface area contributed by atoms with E-state index in [1.54, 1.807) is 7.11 Å². The molecule has 0 aromatic heterocycles. The minimum atomic E-state index is -0.130. The van der Waals surface area contributed by atoms with Gasteiger partial charge >= 0.3 is 6.03 Å². The first-order valence-corrected chi connectivity index (χ1v) is 4.11. The third-order valence-electron chi connectivity index (χ3n) is 1.27. The lowest BCUT2D eigenvalue weighted by molar-refractivity contribution is 0.193. The van der Waals surface area contributed by atoms with Crippen LogP contribution in [-0.4, -0.2) is 32.8 Å². The van der Waals surface area contributed by atoms with E-state index in [0.29, 0.717) is 26.1 Å². The summed E-state index contributed by atoms with van der Waals surface area (Å²) in [6, 6.07) is -0.130. The number of amides is 2. The molecule has 12 heavy (non-hydrogen) atoms. The summed E-state index contributed by atoms with van der Waals surface area (Å²) in [5, 5.41) is 5.35. The van der Waals surface area contributed by atoms with E-state index in [-0.39, 0.29) is 6.03 Å². The summed E-state index contributed by atoms with van der Waals surface area (Å²) in [7, 11) is 1.64. The van der Waals surface area contributed by atoms with Crippen LogP contribution in [0, 0.1) is 6.92 Å². The Hall–Kier alpha value is -0.770. The van der Waals surface area contributed by atoms with Crippen LogP contribution in [0.4, 0.5) is 4.79 Å². The average Bonchev–Trinajstić information content (AvgIpc) is 2.09. The summed E-state index contributed by atoms with van der Waals surface area (Å²) in [4.78, 5) is 10.9. The number of urea groups is 1. The molecule has 0 rings (SSSR count). The first-order valence-electron chi connectivity index (χ1n) is 4.11. The van der Waals surface area contributed by atoms with Crippen LogP contribution in [0.15, 0.2) is 0 Å². The van der Waals surface area contributed by atoms with E-state index in [4.69, 9.17) is 4.74 Å². The van der Waals surface area contributed by atoms with Crippen molar-refractivity contribution < 1.29 is 9.53 Å². The van der Waals surface area contributed by atoms with Crippen molar-refractivity contribution in [2.45, 2.75) is 12.8 Å². The molecule has 2 amide bonds. The van der Waals surface area contributed by atoms with Crippen LogP contribution in [0.5, 0.6) is 0 Å². The van der Waals surface area contributed by atoms with Gasteiger partial charge in [0.25, 0.3) is 0 Å². The van der Waals surface area contributed by atoms with Gasteiger partial charge in [0, 0.05) is 26.8 Å².